The van der Waals surface area contributed by atoms with Gasteiger partial charge in [0.1, 0.15) is 0 Å². The highest BCUT2D eigenvalue weighted by molar-refractivity contribution is 5.57. The summed E-state index contributed by atoms with van der Waals surface area (Å²) in [6, 6.07) is 6.71. The molecule has 0 unspecified atom stereocenters. The van der Waals surface area contributed by atoms with Gasteiger partial charge < -0.3 is 20.4 Å². The fourth-order valence-electron chi connectivity index (χ4n) is 4.16. The largest absolute Gasteiger partial charge is 0.504 e. The third-order valence-electron chi connectivity index (χ3n) is 5.23. The molecule has 0 fully saturated rings. The van der Waals surface area contributed by atoms with Gasteiger partial charge in [0.15, 0.2) is 23.0 Å². The maximum absolute atomic E-state index is 10.1. The van der Waals surface area contributed by atoms with Gasteiger partial charge in [0, 0.05) is 11.5 Å². The Balaban J connectivity index is 1.93. The quantitative estimate of drug-likeness (QED) is 0.563. The maximum atomic E-state index is 10.1. The van der Waals surface area contributed by atoms with Crippen molar-refractivity contribution in [3.05, 3.63) is 46.5 Å². The second-order valence-electron chi connectivity index (χ2n) is 6.36. The average molecular weight is 298 g/mol. The molecule has 4 heteroatoms. The van der Waals surface area contributed by atoms with Crippen molar-refractivity contribution in [2.24, 2.45) is 5.92 Å². The van der Waals surface area contributed by atoms with Crippen molar-refractivity contribution in [3.63, 3.8) is 0 Å². The summed E-state index contributed by atoms with van der Waals surface area (Å²) in [5, 5.41) is 39.5. The molecule has 22 heavy (non-hydrogen) atoms. The Labute approximate surface area is 128 Å². The normalized spacial score (nSPS) is 22.5. The van der Waals surface area contributed by atoms with Gasteiger partial charge in [-0.1, -0.05) is 6.07 Å². The zero-order valence-corrected chi connectivity index (χ0v) is 12.1. The SMILES string of the molecule is Oc1cc2c(cc1O)[C@@H]1c3ccc(O)c(O)c3CC[C@@H]1CC2. The van der Waals surface area contributed by atoms with Crippen LogP contribution in [-0.2, 0) is 12.8 Å². The van der Waals surface area contributed by atoms with E-state index < -0.39 is 0 Å². The van der Waals surface area contributed by atoms with E-state index in [1.807, 2.05) is 6.07 Å². The molecule has 0 heterocycles. The summed E-state index contributed by atoms with van der Waals surface area (Å²) in [5.41, 5.74) is 3.91. The molecule has 4 rings (SSSR count). The van der Waals surface area contributed by atoms with Gasteiger partial charge in [-0.15, -0.1) is 0 Å². The lowest BCUT2D eigenvalue weighted by atomic mass is 9.65. The van der Waals surface area contributed by atoms with E-state index in [0.29, 0.717) is 5.92 Å². The lowest BCUT2D eigenvalue weighted by Gasteiger charge is -2.39. The molecule has 4 N–H and O–H groups in total. The van der Waals surface area contributed by atoms with Gasteiger partial charge in [0.25, 0.3) is 0 Å². The molecule has 2 aliphatic carbocycles. The molecule has 4 nitrogen and oxygen atoms in total. The van der Waals surface area contributed by atoms with Crippen molar-refractivity contribution in [1.29, 1.82) is 0 Å². The number of aromatic hydroxyl groups is 4. The van der Waals surface area contributed by atoms with Crippen LogP contribution < -0.4 is 0 Å². The van der Waals surface area contributed by atoms with E-state index in [2.05, 4.69) is 0 Å². The minimum Gasteiger partial charge on any atom is -0.504 e. The summed E-state index contributed by atoms with van der Waals surface area (Å²) in [7, 11) is 0. The van der Waals surface area contributed by atoms with Crippen LogP contribution in [0.4, 0.5) is 0 Å². The number of phenols is 4. The Morgan fingerprint density at radius 3 is 2.32 bits per heavy atom. The van der Waals surface area contributed by atoms with E-state index in [9.17, 15) is 20.4 Å². The van der Waals surface area contributed by atoms with Crippen molar-refractivity contribution >= 4 is 0 Å². The molecular formula is C18H18O4. The summed E-state index contributed by atoms with van der Waals surface area (Å²) in [5.74, 6) is 0.280. The summed E-state index contributed by atoms with van der Waals surface area (Å²) >= 11 is 0. The third-order valence-corrected chi connectivity index (χ3v) is 5.23. The first kappa shape index (κ1) is 13.3. The van der Waals surface area contributed by atoms with Crippen LogP contribution in [0.5, 0.6) is 23.0 Å². The van der Waals surface area contributed by atoms with Crippen LogP contribution in [0, 0.1) is 5.92 Å². The fourth-order valence-corrected chi connectivity index (χ4v) is 4.16. The first-order valence-electron chi connectivity index (χ1n) is 7.64. The smallest absolute Gasteiger partial charge is 0.160 e. The molecule has 2 aliphatic rings. The minimum atomic E-state index is -0.102. The van der Waals surface area contributed by atoms with E-state index in [0.717, 1.165) is 47.9 Å². The van der Waals surface area contributed by atoms with Gasteiger partial charge >= 0.3 is 0 Å². The molecule has 114 valence electrons. The van der Waals surface area contributed by atoms with E-state index >= 15 is 0 Å². The highest BCUT2D eigenvalue weighted by atomic mass is 16.3. The zero-order chi connectivity index (χ0) is 15.4. The number of aryl methyl sites for hydroxylation is 1. The monoisotopic (exact) mass is 298 g/mol. The van der Waals surface area contributed by atoms with Crippen LogP contribution in [0.1, 0.15) is 41.0 Å². The third kappa shape index (κ3) is 1.76. The lowest BCUT2D eigenvalue weighted by molar-refractivity contribution is 0.343. The molecule has 0 aromatic heterocycles. The average Bonchev–Trinajstić information content (AvgIpc) is 2.51. The van der Waals surface area contributed by atoms with Crippen molar-refractivity contribution in [1.82, 2.24) is 0 Å². The molecule has 0 saturated carbocycles. The van der Waals surface area contributed by atoms with Crippen LogP contribution >= 0.6 is 0 Å². The minimum absolute atomic E-state index is 0.0222. The van der Waals surface area contributed by atoms with Gasteiger partial charge in [-0.25, -0.2) is 0 Å². The molecule has 2 aromatic carbocycles. The number of fused-ring (bicyclic) bond motifs is 5. The fraction of sp³-hybridized carbons (Fsp3) is 0.333. The Morgan fingerprint density at radius 2 is 1.50 bits per heavy atom. The summed E-state index contributed by atoms with van der Waals surface area (Å²) < 4.78 is 0. The van der Waals surface area contributed by atoms with Crippen molar-refractivity contribution in [2.45, 2.75) is 31.6 Å². The number of phenolic OH excluding ortho intramolecular Hbond substituents is 4. The molecule has 2 atom stereocenters. The van der Waals surface area contributed by atoms with Gasteiger partial charge in [-0.3, -0.25) is 0 Å². The standard InChI is InChI=1S/C18H18O4/c19-14-6-5-11-12(18(14)22)4-3-9-1-2-10-7-15(20)16(21)8-13(10)17(9)11/h5-9,17,19-22H,1-4H2/t9-,17-/m0/s1. The van der Waals surface area contributed by atoms with Gasteiger partial charge in [-0.05, 0) is 66.5 Å². The summed E-state index contributed by atoms with van der Waals surface area (Å²) in [6.45, 7) is 0. The Morgan fingerprint density at radius 1 is 0.773 bits per heavy atom. The number of rotatable bonds is 0. The predicted molar refractivity (Wildman–Crippen MR) is 81.5 cm³/mol. The van der Waals surface area contributed by atoms with E-state index in [-0.39, 0.29) is 28.9 Å². The maximum Gasteiger partial charge on any atom is 0.160 e. The van der Waals surface area contributed by atoms with Crippen molar-refractivity contribution in [2.75, 3.05) is 0 Å². The van der Waals surface area contributed by atoms with E-state index in [1.54, 1.807) is 12.1 Å². The highest BCUT2D eigenvalue weighted by Gasteiger charge is 2.37. The van der Waals surface area contributed by atoms with Crippen molar-refractivity contribution in [3.8, 4) is 23.0 Å². The number of hydrogen-bond donors (Lipinski definition) is 4. The Bertz CT molecular complexity index is 764. The number of benzene rings is 2. The van der Waals surface area contributed by atoms with Crippen LogP contribution in [0.3, 0.4) is 0 Å². The van der Waals surface area contributed by atoms with Gasteiger partial charge in [0.05, 0.1) is 0 Å². The molecule has 0 spiro atoms. The second kappa shape index (κ2) is 4.57. The summed E-state index contributed by atoms with van der Waals surface area (Å²) in [4.78, 5) is 0. The topological polar surface area (TPSA) is 80.9 Å². The Kier molecular flexibility index (Phi) is 2.76. The van der Waals surface area contributed by atoms with Crippen molar-refractivity contribution < 1.29 is 20.4 Å². The van der Waals surface area contributed by atoms with E-state index in [4.69, 9.17) is 0 Å². The van der Waals surface area contributed by atoms with Crippen LogP contribution in [-0.4, -0.2) is 20.4 Å². The molecule has 0 saturated heterocycles. The second-order valence-corrected chi connectivity index (χ2v) is 6.36. The first-order chi connectivity index (χ1) is 10.6. The predicted octanol–water partition coefficient (Wildman–Crippen LogP) is 3.15. The molecule has 0 radical (unpaired) electrons. The van der Waals surface area contributed by atoms with Gasteiger partial charge in [-0.2, -0.15) is 0 Å². The van der Waals surface area contributed by atoms with E-state index in [1.165, 1.54) is 6.07 Å². The van der Waals surface area contributed by atoms with Gasteiger partial charge in [0.2, 0.25) is 0 Å². The Hall–Kier alpha value is -2.36. The molecule has 0 bridgehead atoms. The zero-order valence-electron chi connectivity index (χ0n) is 12.1. The van der Waals surface area contributed by atoms with Crippen LogP contribution in [0.25, 0.3) is 0 Å². The van der Waals surface area contributed by atoms with Crippen LogP contribution in [0.15, 0.2) is 24.3 Å². The lowest BCUT2D eigenvalue weighted by Crippen LogP contribution is -2.27. The number of hydrogen-bond acceptors (Lipinski definition) is 4. The molecular weight excluding hydrogens is 280 g/mol. The molecule has 0 amide bonds. The highest BCUT2D eigenvalue weighted by Crippen LogP contribution is 2.51. The molecule has 2 aromatic rings. The summed E-state index contributed by atoms with van der Waals surface area (Å²) in [6.07, 6.45) is 3.64. The first-order valence-corrected chi connectivity index (χ1v) is 7.64. The molecule has 0 aliphatic heterocycles. The van der Waals surface area contributed by atoms with Crippen LogP contribution in [0.2, 0.25) is 0 Å².